The van der Waals surface area contributed by atoms with E-state index in [1.54, 1.807) is 4.31 Å². The van der Waals surface area contributed by atoms with Gasteiger partial charge < -0.3 is 9.72 Å². The Morgan fingerprint density at radius 1 is 1.35 bits per heavy atom. The van der Waals surface area contributed by atoms with Crippen LogP contribution in [0.1, 0.15) is 43.8 Å². The fraction of sp³-hybridized carbons (Fsp3) is 0.714. The summed E-state index contributed by atoms with van der Waals surface area (Å²) >= 11 is 0. The minimum absolute atomic E-state index is 0.0144. The fourth-order valence-electron chi connectivity index (χ4n) is 3.21. The van der Waals surface area contributed by atoms with Crippen LogP contribution in [0.2, 0.25) is 0 Å². The maximum Gasteiger partial charge on any atom is 0.214 e. The average Bonchev–Trinajstić information content (AvgIpc) is 3.16. The van der Waals surface area contributed by atoms with Crippen molar-refractivity contribution in [3.05, 3.63) is 24.0 Å². The molecule has 0 aliphatic carbocycles. The van der Waals surface area contributed by atoms with Gasteiger partial charge in [0, 0.05) is 25.0 Å². The quantitative estimate of drug-likeness (QED) is 0.905. The van der Waals surface area contributed by atoms with Crippen molar-refractivity contribution in [3.63, 3.8) is 0 Å². The van der Waals surface area contributed by atoms with Gasteiger partial charge in [-0.1, -0.05) is 0 Å². The molecular weight excluding hydrogens is 276 g/mol. The molecule has 0 amide bonds. The molecule has 112 valence electrons. The van der Waals surface area contributed by atoms with Gasteiger partial charge in [0.2, 0.25) is 10.0 Å². The molecule has 2 aliphatic rings. The Morgan fingerprint density at radius 3 is 2.95 bits per heavy atom. The van der Waals surface area contributed by atoms with Crippen LogP contribution in [0, 0.1) is 0 Å². The number of sulfonamides is 1. The Morgan fingerprint density at radius 2 is 2.25 bits per heavy atom. The van der Waals surface area contributed by atoms with Crippen molar-refractivity contribution < 1.29 is 13.2 Å². The van der Waals surface area contributed by atoms with Crippen molar-refractivity contribution in [1.29, 1.82) is 0 Å². The summed E-state index contributed by atoms with van der Waals surface area (Å²) in [6.45, 7) is 1.41. The maximum absolute atomic E-state index is 12.6. The minimum atomic E-state index is -3.19. The summed E-state index contributed by atoms with van der Waals surface area (Å²) in [5.74, 6) is 0.203. The summed E-state index contributed by atoms with van der Waals surface area (Å²) < 4.78 is 32.3. The average molecular weight is 298 g/mol. The Kier molecular flexibility index (Phi) is 4.14. The first-order chi connectivity index (χ1) is 9.67. The first-order valence-electron chi connectivity index (χ1n) is 7.41. The molecule has 0 saturated carbocycles. The van der Waals surface area contributed by atoms with Crippen LogP contribution in [-0.2, 0) is 14.8 Å². The predicted molar refractivity (Wildman–Crippen MR) is 76.9 cm³/mol. The number of hydrogen-bond donors (Lipinski definition) is 1. The molecule has 1 N–H and O–H groups in total. The molecule has 1 aromatic heterocycles. The van der Waals surface area contributed by atoms with Crippen LogP contribution in [0.3, 0.4) is 0 Å². The van der Waals surface area contributed by atoms with Crippen LogP contribution < -0.4 is 0 Å². The predicted octanol–water partition coefficient (Wildman–Crippen LogP) is 2.05. The summed E-state index contributed by atoms with van der Waals surface area (Å²) in [6, 6.07) is 3.88. The van der Waals surface area contributed by atoms with Gasteiger partial charge in [-0.15, -0.1) is 0 Å². The summed E-state index contributed by atoms with van der Waals surface area (Å²) in [7, 11) is -3.19. The molecule has 3 rings (SSSR count). The van der Waals surface area contributed by atoms with E-state index in [-0.39, 0.29) is 17.9 Å². The summed E-state index contributed by atoms with van der Waals surface area (Å²) in [5, 5.41) is 0. The molecule has 6 heteroatoms. The highest BCUT2D eigenvalue weighted by atomic mass is 32.2. The smallest absolute Gasteiger partial charge is 0.214 e. The highest BCUT2D eigenvalue weighted by molar-refractivity contribution is 7.89. The second-order valence-corrected chi connectivity index (χ2v) is 7.68. The van der Waals surface area contributed by atoms with Crippen LogP contribution in [-0.4, -0.2) is 42.7 Å². The van der Waals surface area contributed by atoms with Crippen molar-refractivity contribution in [3.8, 4) is 0 Å². The number of rotatable bonds is 5. The number of nitrogens with zero attached hydrogens (tertiary/aromatic N) is 1. The number of aromatic amines is 1. The van der Waals surface area contributed by atoms with Crippen LogP contribution in [0.5, 0.6) is 0 Å². The largest absolute Gasteiger partial charge is 0.378 e. The second kappa shape index (κ2) is 5.87. The Hall–Kier alpha value is -0.850. The van der Waals surface area contributed by atoms with Crippen LogP contribution in [0.4, 0.5) is 0 Å². The van der Waals surface area contributed by atoms with Gasteiger partial charge in [-0.2, -0.15) is 4.31 Å². The van der Waals surface area contributed by atoms with Gasteiger partial charge in [0.05, 0.1) is 17.9 Å². The molecule has 0 bridgehead atoms. The molecule has 0 unspecified atom stereocenters. The third-order valence-electron chi connectivity index (χ3n) is 4.26. The third-order valence-corrected chi connectivity index (χ3v) is 6.17. The molecule has 2 atom stereocenters. The molecule has 1 aromatic rings. The van der Waals surface area contributed by atoms with E-state index in [1.807, 2.05) is 18.3 Å². The lowest BCUT2D eigenvalue weighted by molar-refractivity contribution is 0.108. The topological polar surface area (TPSA) is 62.4 Å². The second-order valence-electron chi connectivity index (χ2n) is 5.63. The molecule has 0 spiro atoms. The van der Waals surface area contributed by atoms with E-state index in [9.17, 15) is 8.42 Å². The van der Waals surface area contributed by atoms with E-state index in [4.69, 9.17) is 4.74 Å². The minimum Gasteiger partial charge on any atom is -0.378 e. The molecule has 0 aromatic carbocycles. The van der Waals surface area contributed by atoms with E-state index in [0.717, 1.165) is 38.0 Å². The number of hydrogen-bond acceptors (Lipinski definition) is 3. The zero-order valence-corrected chi connectivity index (χ0v) is 12.4. The van der Waals surface area contributed by atoms with E-state index >= 15 is 0 Å². The SMILES string of the molecule is O=S(=O)(CC[C@@H]1CCCO1)N1CCC[C@H]1c1ccc[nH]1. The van der Waals surface area contributed by atoms with Crippen LogP contribution in [0.15, 0.2) is 18.3 Å². The van der Waals surface area contributed by atoms with E-state index in [1.165, 1.54) is 0 Å². The molecule has 2 aliphatic heterocycles. The zero-order chi connectivity index (χ0) is 14.0. The van der Waals surface area contributed by atoms with Crippen molar-refractivity contribution in [1.82, 2.24) is 9.29 Å². The summed E-state index contributed by atoms with van der Waals surface area (Å²) in [5.41, 5.74) is 1.00. The van der Waals surface area contributed by atoms with Gasteiger partial charge in [0.15, 0.2) is 0 Å². The van der Waals surface area contributed by atoms with E-state index in [0.29, 0.717) is 13.0 Å². The monoisotopic (exact) mass is 298 g/mol. The van der Waals surface area contributed by atoms with Gasteiger partial charge in [0.25, 0.3) is 0 Å². The molecule has 2 saturated heterocycles. The highest BCUT2D eigenvalue weighted by Crippen LogP contribution is 2.33. The number of aromatic nitrogens is 1. The summed E-state index contributed by atoms with van der Waals surface area (Å²) in [6.07, 6.45) is 6.50. The Balaban J connectivity index is 1.66. The Bertz CT molecular complexity index is 521. The van der Waals surface area contributed by atoms with Crippen LogP contribution in [0.25, 0.3) is 0 Å². The van der Waals surface area contributed by atoms with Crippen molar-refractivity contribution >= 4 is 10.0 Å². The highest BCUT2D eigenvalue weighted by Gasteiger charge is 2.35. The first kappa shape index (κ1) is 14.1. The van der Waals surface area contributed by atoms with Gasteiger partial charge >= 0.3 is 0 Å². The van der Waals surface area contributed by atoms with Gasteiger partial charge in [-0.25, -0.2) is 8.42 Å². The lowest BCUT2D eigenvalue weighted by Gasteiger charge is -2.24. The number of nitrogens with one attached hydrogen (secondary N) is 1. The lowest BCUT2D eigenvalue weighted by Crippen LogP contribution is -2.33. The molecular formula is C14H22N2O3S. The normalized spacial score (nSPS) is 28.2. The van der Waals surface area contributed by atoms with Crippen molar-refractivity contribution in [2.24, 2.45) is 0 Å². The molecule has 3 heterocycles. The fourth-order valence-corrected chi connectivity index (χ4v) is 5.01. The standard InChI is InChI=1S/C14H22N2O3S/c17-20(18,11-7-12-4-3-10-19-12)16-9-2-6-14(16)13-5-1-8-15-13/h1,5,8,12,14-15H,2-4,6-7,9-11H2/t12-,14-/m0/s1. The van der Waals surface area contributed by atoms with E-state index in [2.05, 4.69) is 4.98 Å². The molecule has 5 nitrogen and oxygen atoms in total. The lowest BCUT2D eigenvalue weighted by atomic mass is 10.2. The van der Waals surface area contributed by atoms with Gasteiger partial charge in [0.1, 0.15) is 0 Å². The van der Waals surface area contributed by atoms with Gasteiger partial charge in [-0.05, 0) is 44.2 Å². The van der Waals surface area contributed by atoms with Gasteiger partial charge in [-0.3, -0.25) is 0 Å². The number of H-pyrrole nitrogens is 1. The molecule has 20 heavy (non-hydrogen) atoms. The summed E-state index contributed by atoms with van der Waals surface area (Å²) in [4.78, 5) is 3.15. The Labute approximate surface area is 120 Å². The zero-order valence-electron chi connectivity index (χ0n) is 11.6. The first-order valence-corrected chi connectivity index (χ1v) is 9.02. The van der Waals surface area contributed by atoms with Crippen molar-refractivity contribution in [2.45, 2.75) is 44.2 Å². The van der Waals surface area contributed by atoms with Crippen LogP contribution >= 0.6 is 0 Å². The maximum atomic E-state index is 12.6. The number of ether oxygens (including phenoxy) is 1. The van der Waals surface area contributed by atoms with Crippen molar-refractivity contribution in [2.75, 3.05) is 18.9 Å². The molecule has 0 radical (unpaired) electrons. The van der Waals surface area contributed by atoms with E-state index < -0.39 is 10.0 Å². The molecule has 2 fully saturated rings. The third kappa shape index (κ3) is 2.92.